The second-order valence-corrected chi connectivity index (χ2v) is 6.65. The Morgan fingerprint density at radius 3 is 2.62 bits per heavy atom. The Hall–Kier alpha value is -1.43. The standard InChI is InChI=1S/C14H13Cl2NO3S/c1-7(9-6-12(15)21-13(9)16)17-10-5-8(14(18)19)3-4-11(10)20-2/h3-7,17H,1-2H3,(H,18,19). The summed E-state index contributed by atoms with van der Waals surface area (Å²) in [6, 6.07) is 6.28. The highest BCUT2D eigenvalue weighted by Crippen LogP contribution is 2.37. The van der Waals surface area contributed by atoms with Crippen LogP contribution in [0.5, 0.6) is 5.75 Å². The Morgan fingerprint density at radius 1 is 1.38 bits per heavy atom. The van der Waals surface area contributed by atoms with E-state index in [-0.39, 0.29) is 11.6 Å². The van der Waals surface area contributed by atoms with Crippen LogP contribution in [0.3, 0.4) is 0 Å². The van der Waals surface area contributed by atoms with Gasteiger partial charge in [0.05, 0.1) is 33.1 Å². The largest absolute Gasteiger partial charge is 0.495 e. The van der Waals surface area contributed by atoms with Gasteiger partial charge in [-0.25, -0.2) is 4.79 Å². The molecule has 2 rings (SSSR count). The van der Waals surface area contributed by atoms with E-state index >= 15 is 0 Å². The molecular formula is C14H13Cl2NO3S. The van der Waals surface area contributed by atoms with Crippen molar-refractivity contribution < 1.29 is 14.6 Å². The molecule has 0 aliphatic heterocycles. The van der Waals surface area contributed by atoms with E-state index < -0.39 is 5.97 Å². The fraction of sp³-hybridized carbons (Fsp3) is 0.214. The summed E-state index contributed by atoms with van der Waals surface area (Å²) < 4.78 is 6.45. The van der Waals surface area contributed by atoms with Gasteiger partial charge in [0.2, 0.25) is 0 Å². The van der Waals surface area contributed by atoms with E-state index in [1.165, 1.54) is 30.6 Å². The molecule has 0 radical (unpaired) electrons. The molecule has 0 saturated carbocycles. The fourth-order valence-electron chi connectivity index (χ4n) is 1.91. The van der Waals surface area contributed by atoms with Crippen LogP contribution >= 0.6 is 34.5 Å². The maximum atomic E-state index is 11.1. The van der Waals surface area contributed by atoms with Gasteiger partial charge >= 0.3 is 5.97 Å². The number of halogens is 2. The minimum atomic E-state index is -0.995. The van der Waals surface area contributed by atoms with Gasteiger partial charge in [-0.2, -0.15) is 0 Å². The van der Waals surface area contributed by atoms with Crippen LogP contribution in [0.15, 0.2) is 24.3 Å². The number of anilines is 1. The third-order valence-corrected chi connectivity index (χ3v) is 4.49. The number of hydrogen-bond acceptors (Lipinski definition) is 4. The molecule has 1 aromatic carbocycles. The number of methoxy groups -OCH3 is 1. The molecule has 0 aliphatic rings. The number of carboxylic acid groups (broad SMARTS) is 1. The predicted octanol–water partition coefficient (Wildman–Crippen LogP) is 4.93. The second-order valence-electron chi connectivity index (χ2n) is 4.37. The van der Waals surface area contributed by atoms with Gasteiger partial charge < -0.3 is 15.2 Å². The van der Waals surface area contributed by atoms with E-state index in [9.17, 15) is 4.79 Å². The lowest BCUT2D eigenvalue weighted by molar-refractivity contribution is 0.0697. The van der Waals surface area contributed by atoms with Gasteiger partial charge in [0.25, 0.3) is 0 Å². The van der Waals surface area contributed by atoms with Crippen molar-refractivity contribution >= 4 is 46.2 Å². The number of thiophene rings is 1. The summed E-state index contributed by atoms with van der Waals surface area (Å²) in [5.74, 6) is -0.436. The van der Waals surface area contributed by atoms with E-state index in [0.717, 1.165) is 5.56 Å². The molecule has 0 saturated heterocycles. The van der Waals surface area contributed by atoms with Crippen molar-refractivity contribution in [2.75, 3.05) is 12.4 Å². The minimum Gasteiger partial charge on any atom is -0.495 e. The molecule has 7 heteroatoms. The lowest BCUT2D eigenvalue weighted by Crippen LogP contribution is -2.08. The normalized spacial score (nSPS) is 12.0. The third kappa shape index (κ3) is 3.61. The monoisotopic (exact) mass is 345 g/mol. The quantitative estimate of drug-likeness (QED) is 0.806. The number of nitrogens with one attached hydrogen (secondary N) is 1. The number of hydrogen-bond donors (Lipinski definition) is 2. The molecule has 0 fully saturated rings. The highest BCUT2D eigenvalue weighted by atomic mass is 35.5. The first kappa shape index (κ1) is 15.9. The SMILES string of the molecule is COc1ccc(C(=O)O)cc1NC(C)c1cc(Cl)sc1Cl. The van der Waals surface area contributed by atoms with Gasteiger partial charge in [-0.1, -0.05) is 23.2 Å². The minimum absolute atomic E-state index is 0.140. The van der Waals surface area contributed by atoms with Crippen LogP contribution in [-0.4, -0.2) is 18.2 Å². The maximum absolute atomic E-state index is 11.1. The molecule has 0 amide bonds. The zero-order valence-electron chi connectivity index (χ0n) is 11.3. The Labute approximate surface area is 136 Å². The van der Waals surface area contributed by atoms with Gasteiger partial charge in [-0.15, -0.1) is 11.3 Å². The van der Waals surface area contributed by atoms with Crippen molar-refractivity contribution in [3.05, 3.63) is 44.1 Å². The van der Waals surface area contributed by atoms with Crippen LogP contribution in [0, 0.1) is 0 Å². The average molecular weight is 346 g/mol. The number of carboxylic acids is 1. The van der Waals surface area contributed by atoms with Crippen LogP contribution < -0.4 is 10.1 Å². The molecule has 2 N–H and O–H groups in total. The van der Waals surface area contributed by atoms with Crippen LogP contribution in [0.1, 0.15) is 28.9 Å². The van der Waals surface area contributed by atoms with Gasteiger partial charge in [-0.05, 0) is 31.2 Å². The zero-order chi connectivity index (χ0) is 15.6. The Bertz CT molecular complexity index is 672. The Morgan fingerprint density at radius 2 is 2.10 bits per heavy atom. The van der Waals surface area contributed by atoms with Gasteiger partial charge in [0, 0.05) is 5.56 Å². The third-order valence-electron chi connectivity index (χ3n) is 2.97. The number of aromatic carboxylic acids is 1. The predicted molar refractivity (Wildman–Crippen MR) is 86.3 cm³/mol. The first-order valence-electron chi connectivity index (χ1n) is 6.05. The summed E-state index contributed by atoms with van der Waals surface area (Å²) in [7, 11) is 1.53. The molecule has 1 heterocycles. The Kier molecular flexibility index (Phi) is 4.98. The molecule has 4 nitrogen and oxygen atoms in total. The van der Waals surface area contributed by atoms with E-state index in [1.54, 1.807) is 12.1 Å². The molecule has 0 bridgehead atoms. The smallest absolute Gasteiger partial charge is 0.335 e. The van der Waals surface area contributed by atoms with E-state index in [2.05, 4.69) is 5.32 Å². The maximum Gasteiger partial charge on any atom is 0.335 e. The van der Waals surface area contributed by atoms with Crippen molar-refractivity contribution in [3.8, 4) is 5.75 Å². The van der Waals surface area contributed by atoms with Gasteiger partial charge in [0.1, 0.15) is 5.75 Å². The van der Waals surface area contributed by atoms with Crippen LogP contribution in [0.4, 0.5) is 5.69 Å². The van der Waals surface area contributed by atoms with Crippen molar-refractivity contribution in [2.24, 2.45) is 0 Å². The zero-order valence-corrected chi connectivity index (χ0v) is 13.6. The summed E-state index contributed by atoms with van der Waals surface area (Å²) in [4.78, 5) is 11.1. The first-order chi connectivity index (χ1) is 9.92. The van der Waals surface area contributed by atoms with E-state index in [4.69, 9.17) is 33.0 Å². The molecule has 112 valence electrons. The molecule has 1 atom stereocenters. The summed E-state index contributed by atoms with van der Waals surface area (Å²) >= 11 is 13.4. The first-order valence-corrected chi connectivity index (χ1v) is 7.62. The molecule has 21 heavy (non-hydrogen) atoms. The van der Waals surface area contributed by atoms with Crippen LogP contribution in [0.25, 0.3) is 0 Å². The number of ether oxygens (including phenoxy) is 1. The number of rotatable bonds is 5. The Balaban J connectivity index is 2.31. The van der Waals surface area contributed by atoms with E-state index in [1.807, 2.05) is 6.92 Å². The summed E-state index contributed by atoms with van der Waals surface area (Å²) in [6.45, 7) is 1.91. The number of carbonyl (C=O) groups is 1. The topological polar surface area (TPSA) is 58.6 Å². The van der Waals surface area contributed by atoms with Gasteiger partial charge in [-0.3, -0.25) is 0 Å². The van der Waals surface area contributed by atoms with Crippen molar-refractivity contribution in [1.82, 2.24) is 0 Å². The lowest BCUT2D eigenvalue weighted by atomic mass is 10.1. The highest BCUT2D eigenvalue weighted by Gasteiger charge is 2.16. The fourth-order valence-corrected chi connectivity index (χ4v) is 3.56. The number of benzene rings is 1. The molecular weight excluding hydrogens is 333 g/mol. The molecule has 1 aromatic heterocycles. The van der Waals surface area contributed by atoms with Crippen LogP contribution in [-0.2, 0) is 0 Å². The van der Waals surface area contributed by atoms with E-state index in [0.29, 0.717) is 20.1 Å². The second kappa shape index (κ2) is 6.56. The summed E-state index contributed by atoms with van der Waals surface area (Å²) in [5, 5.41) is 12.3. The highest BCUT2D eigenvalue weighted by molar-refractivity contribution is 7.20. The summed E-state index contributed by atoms with van der Waals surface area (Å²) in [5.41, 5.74) is 1.62. The molecule has 0 aliphatic carbocycles. The van der Waals surface area contributed by atoms with Crippen molar-refractivity contribution in [3.63, 3.8) is 0 Å². The van der Waals surface area contributed by atoms with Crippen LogP contribution in [0.2, 0.25) is 8.67 Å². The lowest BCUT2D eigenvalue weighted by Gasteiger charge is -2.17. The summed E-state index contributed by atoms with van der Waals surface area (Å²) in [6.07, 6.45) is 0. The van der Waals surface area contributed by atoms with Crippen molar-refractivity contribution in [2.45, 2.75) is 13.0 Å². The molecule has 0 spiro atoms. The molecule has 1 unspecified atom stereocenters. The van der Waals surface area contributed by atoms with Gasteiger partial charge in [0.15, 0.2) is 0 Å². The van der Waals surface area contributed by atoms with Crippen molar-refractivity contribution in [1.29, 1.82) is 0 Å². The molecule has 2 aromatic rings. The average Bonchev–Trinajstić information content (AvgIpc) is 2.77.